The molecule has 0 aliphatic heterocycles. The van der Waals surface area contributed by atoms with E-state index in [9.17, 15) is 5.11 Å². The third-order valence-corrected chi connectivity index (χ3v) is 2.71. The van der Waals surface area contributed by atoms with Crippen molar-refractivity contribution in [2.24, 2.45) is 0 Å². The maximum Gasteiger partial charge on any atom is 0.119 e. The highest BCUT2D eigenvalue weighted by molar-refractivity contribution is 6.38. The summed E-state index contributed by atoms with van der Waals surface area (Å²) in [5.41, 5.74) is 0.816. The number of fused-ring (bicyclic) bond motifs is 1. The summed E-state index contributed by atoms with van der Waals surface area (Å²) >= 11 is 11.9. The number of phenols is 1. The molecule has 0 unspecified atom stereocenters. The van der Waals surface area contributed by atoms with Crippen molar-refractivity contribution in [3.63, 3.8) is 0 Å². The first kappa shape index (κ1) is 9.63. The van der Waals surface area contributed by atoms with E-state index in [2.05, 4.69) is 0 Å². The van der Waals surface area contributed by atoms with Crippen molar-refractivity contribution in [3.8, 4) is 5.75 Å². The number of benzene rings is 2. The van der Waals surface area contributed by atoms with Crippen LogP contribution < -0.4 is 0 Å². The second-order valence-corrected chi connectivity index (χ2v) is 4.09. The van der Waals surface area contributed by atoms with Crippen molar-refractivity contribution in [3.05, 3.63) is 39.9 Å². The van der Waals surface area contributed by atoms with Crippen LogP contribution in [0, 0.1) is 6.92 Å². The Hall–Kier alpha value is -0.920. The van der Waals surface area contributed by atoms with Gasteiger partial charge in [-0.25, -0.2) is 0 Å². The Labute approximate surface area is 91.9 Å². The molecule has 2 aromatic rings. The predicted octanol–water partition coefficient (Wildman–Crippen LogP) is 4.16. The standard InChI is InChI=1S/C11H8Cl2O/c1-6-2-7-3-8(12)4-10(13)9(7)5-11(6)14/h2-5,14H,1H3. The zero-order valence-electron chi connectivity index (χ0n) is 7.51. The van der Waals surface area contributed by atoms with Crippen molar-refractivity contribution in [2.45, 2.75) is 6.92 Å². The fourth-order valence-electron chi connectivity index (χ4n) is 1.43. The number of hydrogen-bond donors (Lipinski definition) is 1. The second-order valence-electron chi connectivity index (χ2n) is 3.25. The lowest BCUT2D eigenvalue weighted by atomic mass is 10.1. The maximum absolute atomic E-state index is 9.52. The molecule has 1 N–H and O–H groups in total. The summed E-state index contributed by atoms with van der Waals surface area (Å²) in [6.07, 6.45) is 0. The molecule has 0 aromatic heterocycles. The molecular formula is C11H8Cl2O. The molecule has 3 heteroatoms. The number of phenolic OH excluding ortho intramolecular Hbond substituents is 1. The molecule has 0 radical (unpaired) electrons. The van der Waals surface area contributed by atoms with E-state index in [4.69, 9.17) is 23.2 Å². The predicted molar refractivity (Wildman–Crippen MR) is 60.4 cm³/mol. The largest absolute Gasteiger partial charge is 0.508 e. The maximum atomic E-state index is 9.52. The Morgan fingerprint density at radius 2 is 1.79 bits per heavy atom. The van der Waals surface area contributed by atoms with E-state index in [0.29, 0.717) is 10.0 Å². The summed E-state index contributed by atoms with van der Waals surface area (Å²) in [7, 11) is 0. The van der Waals surface area contributed by atoms with E-state index in [0.717, 1.165) is 16.3 Å². The van der Waals surface area contributed by atoms with Gasteiger partial charge in [-0.2, -0.15) is 0 Å². The number of aromatic hydroxyl groups is 1. The van der Waals surface area contributed by atoms with Gasteiger partial charge in [0.2, 0.25) is 0 Å². The number of aryl methyl sites for hydroxylation is 1. The third kappa shape index (κ3) is 1.54. The second kappa shape index (κ2) is 3.34. The van der Waals surface area contributed by atoms with E-state index in [-0.39, 0.29) is 5.75 Å². The van der Waals surface area contributed by atoms with E-state index in [1.54, 1.807) is 12.1 Å². The molecule has 2 aromatic carbocycles. The van der Waals surface area contributed by atoms with E-state index in [1.165, 1.54) is 0 Å². The first-order chi connectivity index (χ1) is 6.58. The van der Waals surface area contributed by atoms with Gasteiger partial charge >= 0.3 is 0 Å². The lowest BCUT2D eigenvalue weighted by Crippen LogP contribution is -1.79. The van der Waals surface area contributed by atoms with Crippen LogP contribution in [-0.4, -0.2) is 5.11 Å². The minimum Gasteiger partial charge on any atom is -0.508 e. The van der Waals surface area contributed by atoms with Crippen LogP contribution in [0.1, 0.15) is 5.56 Å². The molecule has 0 amide bonds. The van der Waals surface area contributed by atoms with Gasteiger partial charge in [-0.05, 0) is 42.1 Å². The third-order valence-electron chi connectivity index (χ3n) is 2.18. The monoisotopic (exact) mass is 226 g/mol. The zero-order valence-corrected chi connectivity index (χ0v) is 9.02. The average molecular weight is 227 g/mol. The van der Waals surface area contributed by atoms with Gasteiger partial charge in [0.05, 0.1) is 5.02 Å². The molecular weight excluding hydrogens is 219 g/mol. The molecule has 14 heavy (non-hydrogen) atoms. The number of halogens is 2. The van der Waals surface area contributed by atoms with Crippen LogP contribution in [0.25, 0.3) is 10.8 Å². The fraction of sp³-hybridized carbons (Fsp3) is 0.0909. The minimum atomic E-state index is 0.252. The van der Waals surface area contributed by atoms with Crippen molar-refractivity contribution in [2.75, 3.05) is 0 Å². The number of rotatable bonds is 0. The molecule has 0 saturated heterocycles. The first-order valence-corrected chi connectivity index (χ1v) is 4.92. The Balaban J connectivity index is 2.89. The molecule has 0 bridgehead atoms. The van der Waals surface area contributed by atoms with Gasteiger partial charge in [0.25, 0.3) is 0 Å². The summed E-state index contributed by atoms with van der Waals surface area (Å²) in [6.45, 7) is 1.84. The average Bonchev–Trinajstić information content (AvgIpc) is 2.08. The van der Waals surface area contributed by atoms with Gasteiger partial charge in [0, 0.05) is 10.4 Å². The summed E-state index contributed by atoms with van der Waals surface area (Å²) in [6, 6.07) is 7.02. The lowest BCUT2D eigenvalue weighted by Gasteiger charge is -2.05. The normalized spacial score (nSPS) is 10.8. The molecule has 0 aliphatic carbocycles. The highest BCUT2D eigenvalue weighted by Gasteiger charge is 2.04. The molecule has 0 aliphatic rings. The van der Waals surface area contributed by atoms with Crippen LogP contribution in [0.2, 0.25) is 10.0 Å². The summed E-state index contributed by atoms with van der Waals surface area (Å²) in [5.74, 6) is 0.252. The lowest BCUT2D eigenvalue weighted by molar-refractivity contribution is 0.472. The van der Waals surface area contributed by atoms with Crippen molar-refractivity contribution < 1.29 is 5.11 Å². The number of hydrogen-bond acceptors (Lipinski definition) is 1. The fourth-order valence-corrected chi connectivity index (χ4v) is 2.00. The van der Waals surface area contributed by atoms with Gasteiger partial charge < -0.3 is 5.11 Å². The Bertz CT molecular complexity index is 506. The van der Waals surface area contributed by atoms with Crippen LogP contribution in [0.4, 0.5) is 0 Å². The van der Waals surface area contributed by atoms with Crippen LogP contribution in [0.3, 0.4) is 0 Å². The van der Waals surface area contributed by atoms with Gasteiger partial charge in [0.1, 0.15) is 5.75 Å². The molecule has 2 rings (SSSR count). The van der Waals surface area contributed by atoms with Gasteiger partial charge in [-0.1, -0.05) is 23.2 Å². The summed E-state index contributed by atoms with van der Waals surface area (Å²) in [5, 5.41) is 12.4. The van der Waals surface area contributed by atoms with Gasteiger partial charge in [-0.3, -0.25) is 0 Å². The Morgan fingerprint density at radius 3 is 2.50 bits per heavy atom. The molecule has 0 fully saturated rings. The van der Waals surface area contributed by atoms with Crippen LogP contribution in [0.5, 0.6) is 5.75 Å². The highest BCUT2D eigenvalue weighted by atomic mass is 35.5. The summed E-state index contributed by atoms with van der Waals surface area (Å²) in [4.78, 5) is 0. The topological polar surface area (TPSA) is 20.2 Å². The van der Waals surface area contributed by atoms with E-state index < -0.39 is 0 Å². The molecule has 72 valence electrons. The molecule has 0 heterocycles. The molecule has 1 nitrogen and oxygen atoms in total. The molecule has 0 atom stereocenters. The van der Waals surface area contributed by atoms with Crippen LogP contribution in [-0.2, 0) is 0 Å². The minimum absolute atomic E-state index is 0.252. The van der Waals surface area contributed by atoms with Crippen molar-refractivity contribution in [1.29, 1.82) is 0 Å². The van der Waals surface area contributed by atoms with Crippen molar-refractivity contribution >= 4 is 34.0 Å². The Morgan fingerprint density at radius 1 is 1.07 bits per heavy atom. The SMILES string of the molecule is Cc1cc2cc(Cl)cc(Cl)c2cc1O. The van der Waals surface area contributed by atoms with Gasteiger partial charge in [0.15, 0.2) is 0 Å². The quantitative estimate of drug-likeness (QED) is 0.716. The first-order valence-electron chi connectivity index (χ1n) is 4.16. The van der Waals surface area contributed by atoms with Crippen LogP contribution >= 0.6 is 23.2 Å². The smallest absolute Gasteiger partial charge is 0.119 e. The molecule has 0 saturated carbocycles. The van der Waals surface area contributed by atoms with Crippen LogP contribution in [0.15, 0.2) is 24.3 Å². The highest BCUT2D eigenvalue weighted by Crippen LogP contribution is 2.32. The van der Waals surface area contributed by atoms with Gasteiger partial charge in [-0.15, -0.1) is 0 Å². The summed E-state index contributed by atoms with van der Waals surface area (Å²) < 4.78 is 0. The van der Waals surface area contributed by atoms with E-state index in [1.807, 2.05) is 19.1 Å². The van der Waals surface area contributed by atoms with E-state index >= 15 is 0 Å². The van der Waals surface area contributed by atoms with Crippen molar-refractivity contribution in [1.82, 2.24) is 0 Å². The molecule has 0 spiro atoms. The Kier molecular flexibility index (Phi) is 2.30. The zero-order chi connectivity index (χ0) is 10.3.